The summed E-state index contributed by atoms with van der Waals surface area (Å²) in [6.07, 6.45) is 3.95. The van der Waals surface area contributed by atoms with Crippen molar-refractivity contribution in [3.63, 3.8) is 0 Å². The summed E-state index contributed by atoms with van der Waals surface area (Å²) in [6.45, 7) is 2.82. The molecule has 19 heavy (non-hydrogen) atoms. The number of nitrogens with zero attached hydrogens (tertiary/aromatic N) is 2. The molecule has 1 unspecified atom stereocenters. The minimum Gasteiger partial charge on any atom is -0.409 e. The molecule has 4 N–H and O–H groups in total. The van der Waals surface area contributed by atoms with Crippen LogP contribution < -0.4 is 11.1 Å². The number of hydrogen-bond donors (Lipinski definition) is 3. The van der Waals surface area contributed by atoms with E-state index in [1.807, 2.05) is 0 Å². The Hall–Kier alpha value is -2.11. The van der Waals surface area contributed by atoms with E-state index >= 15 is 0 Å². The fourth-order valence-electron chi connectivity index (χ4n) is 1.91. The number of oxime groups is 1. The van der Waals surface area contributed by atoms with Crippen LogP contribution >= 0.6 is 0 Å². The molecule has 6 nitrogen and oxygen atoms in total. The summed E-state index contributed by atoms with van der Waals surface area (Å²) in [5.74, 6) is 1.05. The highest BCUT2D eigenvalue weighted by Crippen LogP contribution is 2.36. The van der Waals surface area contributed by atoms with Gasteiger partial charge in [0.2, 0.25) is 0 Å². The highest BCUT2D eigenvalue weighted by molar-refractivity contribution is 5.98. The SMILES string of the molecule is CC(CNC(=O)c1ccc(/C(N)=N/O)cn1)C1CC1. The molecule has 1 saturated carbocycles. The van der Waals surface area contributed by atoms with E-state index in [4.69, 9.17) is 10.9 Å². The van der Waals surface area contributed by atoms with Gasteiger partial charge in [0, 0.05) is 18.3 Å². The van der Waals surface area contributed by atoms with Crippen LogP contribution in [0.25, 0.3) is 0 Å². The average Bonchev–Trinajstić information content (AvgIpc) is 3.28. The third-order valence-corrected chi connectivity index (χ3v) is 3.41. The fraction of sp³-hybridized carbons (Fsp3) is 0.462. The molecule has 2 rings (SSSR count). The normalized spacial score (nSPS) is 17.0. The van der Waals surface area contributed by atoms with Crippen LogP contribution in [0.4, 0.5) is 0 Å². The molecular formula is C13H18N4O2. The number of nitrogens with one attached hydrogen (secondary N) is 1. The van der Waals surface area contributed by atoms with E-state index in [2.05, 4.69) is 22.4 Å². The van der Waals surface area contributed by atoms with Gasteiger partial charge in [-0.05, 0) is 36.8 Å². The number of nitrogens with two attached hydrogens (primary N) is 1. The second kappa shape index (κ2) is 5.69. The Kier molecular flexibility index (Phi) is 3.99. The van der Waals surface area contributed by atoms with E-state index in [0.717, 1.165) is 5.92 Å². The molecule has 0 saturated heterocycles. The van der Waals surface area contributed by atoms with Gasteiger partial charge in [0.1, 0.15) is 5.69 Å². The van der Waals surface area contributed by atoms with Gasteiger partial charge in [-0.1, -0.05) is 12.1 Å². The molecule has 0 aromatic carbocycles. The highest BCUT2D eigenvalue weighted by atomic mass is 16.4. The van der Waals surface area contributed by atoms with Crippen molar-refractivity contribution in [3.8, 4) is 0 Å². The van der Waals surface area contributed by atoms with E-state index in [0.29, 0.717) is 23.7 Å². The Labute approximate surface area is 111 Å². The molecule has 1 aromatic rings. The minimum atomic E-state index is -0.196. The maximum absolute atomic E-state index is 11.9. The van der Waals surface area contributed by atoms with Crippen LogP contribution in [-0.2, 0) is 0 Å². The third-order valence-electron chi connectivity index (χ3n) is 3.41. The minimum absolute atomic E-state index is 0.0261. The van der Waals surface area contributed by atoms with Gasteiger partial charge in [-0.15, -0.1) is 0 Å². The van der Waals surface area contributed by atoms with Gasteiger partial charge in [0.05, 0.1) is 0 Å². The third kappa shape index (κ3) is 3.43. The summed E-state index contributed by atoms with van der Waals surface area (Å²) in [4.78, 5) is 15.9. The average molecular weight is 262 g/mol. The van der Waals surface area contributed by atoms with Crippen molar-refractivity contribution in [3.05, 3.63) is 29.6 Å². The second-order valence-corrected chi connectivity index (χ2v) is 4.94. The molecule has 1 aliphatic carbocycles. The van der Waals surface area contributed by atoms with Crippen molar-refractivity contribution in [2.24, 2.45) is 22.7 Å². The molecule has 0 bridgehead atoms. The zero-order valence-electron chi connectivity index (χ0n) is 10.8. The number of amidine groups is 1. The van der Waals surface area contributed by atoms with Gasteiger partial charge >= 0.3 is 0 Å². The molecule has 102 valence electrons. The van der Waals surface area contributed by atoms with E-state index < -0.39 is 0 Å². The predicted molar refractivity (Wildman–Crippen MR) is 71.0 cm³/mol. The van der Waals surface area contributed by atoms with E-state index in [1.54, 1.807) is 12.1 Å². The molecular weight excluding hydrogens is 244 g/mol. The summed E-state index contributed by atoms with van der Waals surface area (Å²) in [5.41, 5.74) is 6.23. The highest BCUT2D eigenvalue weighted by Gasteiger charge is 2.27. The van der Waals surface area contributed by atoms with Crippen LogP contribution in [0.2, 0.25) is 0 Å². The van der Waals surface area contributed by atoms with Crippen molar-refractivity contribution >= 4 is 11.7 Å². The van der Waals surface area contributed by atoms with Crippen molar-refractivity contribution < 1.29 is 10.0 Å². The molecule has 1 amide bonds. The topological polar surface area (TPSA) is 101 Å². The Morgan fingerprint density at radius 2 is 2.37 bits per heavy atom. The quantitative estimate of drug-likeness (QED) is 0.318. The lowest BCUT2D eigenvalue weighted by Crippen LogP contribution is -2.29. The van der Waals surface area contributed by atoms with E-state index in [9.17, 15) is 4.79 Å². The van der Waals surface area contributed by atoms with Crippen molar-refractivity contribution in [1.82, 2.24) is 10.3 Å². The number of aromatic nitrogens is 1. The van der Waals surface area contributed by atoms with Gasteiger partial charge in [-0.3, -0.25) is 9.78 Å². The van der Waals surface area contributed by atoms with Gasteiger partial charge in [-0.2, -0.15) is 0 Å². The molecule has 1 aromatic heterocycles. The first-order valence-electron chi connectivity index (χ1n) is 6.34. The largest absolute Gasteiger partial charge is 0.409 e. The molecule has 0 aliphatic heterocycles. The van der Waals surface area contributed by atoms with Crippen molar-refractivity contribution in [2.45, 2.75) is 19.8 Å². The van der Waals surface area contributed by atoms with Gasteiger partial charge < -0.3 is 16.3 Å². The number of carbonyl (C=O) groups is 1. The summed E-state index contributed by atoms with van der Waals surface area (Å²) < 4.78 is 0. The van der Waals surface area contributed by atoms with Crippen LogP contribution in [0.5, 0.6) is 0 Å². The summed E-state index contributed by atoms with van der Waals surface area (Å²) in [7, 11) is 0. The van der Waals surface area contributed by atoms with Crippen molar-refractivity contribution in [2.75, 3.05) is 6.54 Å². The molecule has 0 radical (unpaired) electrons. The van der Waals surface area contributed by atoms with Crippen LogP contribution in [0.1, 0.15) is 35.8 Å². The smallest absolute Gasteiger partial charge is 0.269 e. The number of rotatable bonds is 5. The first-order valence-corrected chi connectivity index (χ1v) is 6.34. The first kappa shape index (κ1) is 13.3. The molecule has 1 fully saturated rings. The lowest BCUT2D eigenvalue weighted by Gasteiger charge is -2.11. The van der Waals surface area contributed by atoms with Gasteiger partial charge in [-0.25, -0.2) is 0 Å². The second-order valence-electron chi connectivity index (χ2n) is 4.94. The van der Waals surface area contributed by atoms with Gasteiger partial charge in [0.15, 0.2) is 5.84 Å². The van der Waals surface area contributed by atoms with Crippen molar-refractivity contribution in [1.29, 1.82) is 0 Å². The zero-order chi connectivity index (χ0) is 13.8. The Morgan fingerprint density at radius 1 is 1.63 bits per heavy atom. The molecule has 1 aliphatic rings. The number of pyridine rings is 1. The fourth-order valence-corrected chi connectivity index (χ4v) is 1.91. The zero-order valence-corrected chi connectivity index (χ0v) is 10.8. The summed E-state index contributed by atoms with van der Waals surface area (Å²) in [6, 6.07) is 3.16. The van der Waals surface area contributed by atoms with Crippen LogP contribution in [-0.4, -0.2) is 28.5 Å². The maximum atomic E-state index is 11.9. The molecule has 1 heterocycles. The number of carbonyl (C=O) groups excluding carboxylic acids is 1. The standard InChI is InChI=1S/C13H18N4O2/c1-8(9-2-3-9)6-16-13(18)11-5-4-10(7-15-11)12(14)17-19/h4-5,7-9,19H,2-3,6H2,1H3,(H2,14,17)(H,16,18). The maximum Gasteiger partial charge on any atom is 0.269 e. The van der Waals surface area contributed by atoms with E-state index in [-0.39, 0.29) is 11.7 Å². The monoisotopic (exact) mass is 262 g/mol. The van der Waals surface area contributed by atoms with Gasteiger partial charge in [0.25, 0.3) is 5.91 Å². The molecule has 6 heteroatoms. The van der Waals surface area contributed by atoms with E-state index in [1.165, 1.54) is 19.0 Å². The summed E-state index contributed by atoms with van der Waals surface area (Å²) in [5, 5.41) is 14.3. The van der Waals surface area contributed by atoms with Crippen LogP contribution in [0.3, 0.4) is 0 Å². The Balaban J connectivity index is 1.91. The molecule has 1 atom stereocenters. The first-order chi connectivity index (χ1) is 9.11. The van der Waals surface area contributed by atoms with Crippen LogP contribution in [0.15, 0.2) is 23.5 Å². The molecule has 0 spiro atoms. The Bertz CT molecular complexity index is 480. The predicted octanol–water partition coefficient (Wildman–Crippen LogP) is 0.952. The summed E-state index contributed by atoms with van der Waals surface area (Å²) >= 11 is 0. The number of hydrogen-bond acceptors (Lipinski definition) is 4. The lowest BCUT2D eigenvalue weighted by molar-refractivity contribution is 0.0941. The lowest BCUT2D eigenvalue weighted by atomic mass is 10.1. The van der Waals surface area contributed by atoms with Crippen LogP contribution in [0, 0.1) is 11.8 Å². The Morgan fingerprint density at radius 3 is 2.89 bits per heavy atom. The number of amides is 1.